The van der Waals surface area contributed by atoms with E-state index in [1.165, 1.54) is 0 Å². The molecule has 0 saturated carbocycles. The van der Waals surface area contributed by atoms with Gasteiger partial charge in [0.25, 0.3) is 0 Å². The third-order valence-corrected chi connectivity index (χ3v) is 5.80. The van der Waals surface area contributed by atoms with Crippen LogP contribution < -0.4 is 14.8 Å². The molecule has 1 atom stereocenters. The standard InChI is InChI=1S/C15H21NO4S/c1-2-16-12-5-3-8-21(17,18)15-10-14-13(9-11(12)15)19-6-4-7-20-14/h9-10,12,16H,2-8H2,1H3. The van der Waals surface area contributed by atoms with E-state index < -0.39 is 9.84 Å². The van der Waals surface area contributed by atoms with Crippen LogP contribution in [0, 0.1) is 0 Å². The van der Waals surface area contributed by atoms with E-state index >= 15 is 0 Å². The highest BCUT2D eigenvalue weighted by Crippen LogP contribution is 2.40. The molecule has 2 aliphatic rings. The zero-order chi connectivity index (χ0) is 14.9. The molecule has 1 aromatic carbocycles. The first-order valence-electron chi connectivity index (χ1n) is 7.51. The fourth-order valence-electron chi connectivity index (χ4n) is 2.95. The van der Waals surface area contributed by atoms with Crippen molar-refractivity contribution in [1.29, 1.82) is 0 Å². The Balaban J connectivity index is 2.14. The molecular formula is C15H21NO4S. The molecular weight excluding hydrogens is 290 g/mol. The van der Waals surface area contributed by atoms with Crippen molar-refractivity contribution in [3.63, 3.8) is 0 Å². The van der Waals surface area contributed by atoms with Crippen LogP contribution in [0.15, 0.2) is 17.0 Å². The van der Waals surface area contributed by atoms with Crippen molar-refractivity contribution in [2.75, 3.05) is 25.5 Å². The molecule has 0 radical (unpaired) electrons. The molecule has 3 rings (SSSR count). The summed E-state index contributed by atoms with van der Waals surface area (Å²) in [5, 5.41) is 3.38. The fraction of sp³-hybridized carbons (Fsp3) is 0.600. The van der Waals surface area contributed by atoms with Crippen LogP contribution in [-0.2, 0) is 9.84 Å². The van der Waals surface area contributed by atoms with Crippen molar-refractivity contribution < 1.29 is 17.9 Å². The van der Waals surface area contributed by atoms with E-state index in [2.05, 4.69) is 5.32 Å². The van der Waals surface area contributed by atoms with Gasteiger partial charge in [0.15, 0.2) is 21.3 Å². The van der Waals surface area contributed by atoms with Gasteiger partial charge in [-0.05, 0) is 31.0 Å². The maximum atomic E-state index is 12.5. The largest absolute Gasteiger partial charge is 0.490 e. The van der Waals surface area contributed by atoms with Gasteiger partial charge in [0.1, 0.15) is 0 Å². The van der Waals surface area contributed by atoms with Crippen molar-refractivity contribution in [2.24, 2.45) is 0 Å². The molecule has 0 fully saturated rings. The van der Waals surface area contributed by atoms with E-state index in [1.54, 1.807) is 6.07 Å². The molecule has 1 aromatic rings. The number of fused-ring (bicyclic) bond motifs is 2. The Morgan fingerprint density at radius 3 is 2.62 bits per heavy atom. The van der Waals surface area contributed by atoms with Gasteiger partial charge >= 0.3 is 0 Å². The van der Waals surface area contributed by atoms with Gasteiger partial charge in [-0.2, -0.15) is 0 Å². The predicted octanol–water partition coefficient (Wildman–Crippen LogP) is 2.07. The number of ether oxygens (including phenoxy) is 2. The summed E-state index contributed by atoms with van der Waals surface area (Å²) in [6, 6.07) is 3.56. The van der Waals surface area contributed by atoms with Crippen LogP contribution in [0.4, 0.5) is 0 Å². The summed E-state index contributed by atoms with van der Waals surface area (Å²) in [5.74, 6) is 1.40. The lowest BCUT2D eigenvalue weighted by Crippen LogP contribution is -2.21. The van der Waals surface area contributed by atoms with Gasteiger partial charge in [-0.1, -0.05) is 6.92 Å². The number of hydrogen-bond acceptors (Lipinski definition) is 5. The van der Waals surface area contributed by atoms with Gasteiger partial charge in [0.05, 0.1) is 23.9 Å². The van der Waals surface area contributed by atoms with Gasteiger partial charge in [-0.15, -0.1) is 0 Å². The highest BCUT2D eigenvalue weighted by molar-refractivity contribution is 7.91. The molecule has 1 N–H and O–H groups in total. The lowest BCUT2D eigenvalue weighted by molar-refractivity contribution is 0.296. The second-order valence-electron chi connectivity index (χ2n) is 5.46. The fourth-order valence-corrected chi connectivity index (χ4v) is 4.56. The van der Waals surface area contributed by atoms with E-state index in [4.69, 9.17) is 9.47 Å². The molecule has 21 heavy (non-hydrogen) atoms. The molecule has 1 unspecified atom stereocenters. The number of rotatable bonds is 2. The monoisotopic (exact) mass is 311 g/mol. The summed E-state index contributed by atoms with van der Waals surface area (Å²) in [5.41, 5.74) is 0.818. The quantitative estimate of drug-likeness (QED) is 0.906. The van der Waals surface area contributed by atoms with Crippen LogP contribution in [0.2, 0.25) is 0 Å². The Kier molecular flexibility index (Phi) is 4.08. The highest BCUT2D eigenvalue weighted by atomic mass is 32.2. The second kappa shape index (κ2) is 5.85. The summed E-state index contributed by atoms with van der Waals surface area (Å²) in [7, 11) is -3.25. The summed E-state index contributed by atoms with van der Waals surface area (Å²) < 4.78 is 36.3. The van der Waals surface area contributed by atoms with E-state index in [0.29, 0.717) is 36.0 Å². The van der Waals surface area contributed by atoms with Gasteiger partial charge in [-0.3, -0.25) is 0 Å². The molecule has 0 aromatic heterocycles. The summed E-state index contributed by atoms with van der Waals surface area (Å²) in [6.07, 6.45) is 2.30. The molecule has 2 aliphatic heterocycles. The Bertz CT molecular complexity index is 627. The van der Waals surface area contributed by atoms with Crippen LogP contribution in [-0.4, -0.2) is 33.9 Å². The maximum Gasteiger partial charge on any atom is 0.178 e. The Morgan fingerprint density at radius 1 is 1.19 bits per heavy atom. The molecule has 0 saturated heterocycles. The third kappa shape index (κ3) is 2.87. The zero-order valence-electron chi connectivity index (χ0n) is 12.2. The topological polar surface area (TPSA) is 64.6 Å². The van der Waals surface area contributed by atoms with E-state index in [9.17, 15) is 8.42 Å². The van der Waals surface area contributed by atoms with Gasteiger partial charge < -0.3 is 14.8 Å². The first-order valence-corrected chi connectivity index (χ1v) is 9.16. The molecule has 5 nitrogen and oxygen atoms in total. The SMILES string of the molecule is CCNC1CCCS(=O)(=O)c2cc3c(cc21)OCCCO3. The van der Waals surface area contributed by atoms with E-state index in [-0.39, 0.29) is 11.8 Å². The molecule has 0 aliphatic carbocycles. The van der Waals surface area contributed by atoms with Crippen molar-refractivity contribution in [3.05, 3.63) is 17.7 Å². The lowest BCUT2D eigenvalue weighted by Gasteiger charge is -2.20. The Labute approximate surface area is 125 Å². The van der Waals surface area contributed by atoms with E-state index in [0.717, 1.165) is 24.9 Å². The Morgan fingerprint density at radius 2 is 1.90 bits per heavy atom. The lowest BCUT2D eigenvalue weighted by atomic mass is 10.0. The normalized spacial score (nSPS) is 23.8. The molecule has 0 bridgehead atoms. The van der Waals surface area contributed by atoms with Crippen LogP contribution in [0.1, 0.15) is 37.8 Å². The van der Waals surface area contributed by atoms with Crippen molar-refractivity contribution in [3.8, 4) is 11.5 Å². The molecule has 2 heterocycles. The highest BCUT2D eigenvalue weighted by Gasteiger charge is 2.30. The van der Waals surface area contributed by atoms with Crippen LogP contribution >= 0.6 is 0 Å². The van der Waals surface area contributed by atoms with Crippen LogP contribution in [0.3, 0.4) is 0 Å². The Hall–Kier alpha value is -1.27. The number of hydrogen-bond donors (Lipinski definition) is 1. The van der Waals surface area contributed by atoms with Crippen molar-refractivity contribution in [2.45, 2.75) is 37.1 Å². The minimum Gasteiger partial charge on any atom is -0.490 e. The number of nitrogens with one attached hydrogen (secondary N) is 1. The second-order valence-corrected chi connectivity index (χ2v) is 7.54. The van der Waals surface area contributed by atoms with Crippen molar-refractivity contribution >= 4 is 9.84 Å². The van der Waals surface area contributed by atoms with Crippen molar-refractivity contribution in [1.82, 2.24) is 5.32 Å². The molecule has 0 amide bonds. The average Bonchev–Trinajstić information content (AvgIpc) is 2.74. The van der Waals surface area contributed by atoms with Gasteiger partial charge in [0.2, 0.25) is 0 Å². The predicted molar refractivity (Wildman–Crippen MR) is 79.8 cm³/mol. The summed E-state index contributed by atoms with van der Waals surface area (Å²) >= 11 is 0. The summed E-state index contributed by atoms with van der Waals surface area (Å²) in [4.78, 5) is 0.398. The number of sulfone groups is 1. The third-order valence-electron chi connectivity index (χ3n) is 3.95. The maximum absolute atomic E-state index is 12.5. The van der Waals surface area contributed by atoms with Crippen LogP contribution in [0.5, 0.6) is 11.5 Å². The number of benzene rings is 1. The summed E-state index contributed by atoms with van der Waals surface area (Å²) in [6.45, 7) is 3.99. The minimum atomic E-state index is -3.25. The smallest absolute Gasteiger partial charge is 0.178 e. The average molecular weight is 311 g/mol. The minimum absolute atomic E-state index is 0.0550. The molecule has 0 spiro atoms. The van der Waals surface area contributed by atoms with E-state index in [1.807, 2.05) is 13.0 Å². The molecule has 116 valence electrons. The van der Waals surface area contributed by atoms with Crippen LogP contribution in [0.25, 0.3) is 0 Å². The first-order chi connectivity index (χ1) is 10.1. The zero-order valence-corrected chi connectivity index (χ0v) is 13.0. The van der Waals surface area contributed by atoms with Gasteiger partial charge in [-0.25, -0.2) is 8.42 Å². The van der Waals surface area contributed by atoms with Gasteiger partial charge in [0, 0.05) is 18.5 Å². The first kappa shape index (κ1) is 14.7. The molecule has 6 heteroatoms.